The van der Waals surface area contributed by atoms with Crippen LogP contribution in [0.3, 0.4) is 0 Å². The van der Waals surface area contributed by atoms with Gasteiger partial charge in [0.2, 0.25) is 10.0 Å². The summed E-state index contributed by atoms with van der Waals surface area (Å²) < 4.78 is 55.2. The van der Waals surface area contributed by atoms with Gasteiger partial charge >= 0.3 is 0 Å². The van der Waals surface area contributed by atoms with Crippen molar-refractivity contribution in [1.82, 2.24) is 9.62 Å². The van der Waals surface area contributed by atoms with Crippen molar-refractivity contribution in [2.75, 3.05) is 19.6 Å². The molecule has 1 atom stereocenters. The lowest BCUT2D eigenvalue weighted by Gasteiger charge is -2.29. The highest BCUT2D eigenvalue weighted by atomic mass is 35.5. The van der Waals surface area contributed by atoms with E-state index in [4.69, 9.17) is 11.6 Å². The van der Waals surface area contributed by atoms with Gasteiger partial charge in [0.25, 0.3) is 0 Å². The molecule has 27 heavy (non-hydrogen) atoms. The molecule has 2 aromatic carbocycles. The molecule has 0 bridgehead atoms. The third-order valence-corrected chi connectivity index (χ3v) is 6.31. The number of benzene rings is 2. The molecule has 1 fully saturated rings. The molecule has 1 N–H and O–H groups in total. The maximum absolute atomic E-state index is 14.4. The first kappa shape index (κ1) is 20.2. The van der Waals surface area contributed by atoms with E-state index in [0.29, 0.717) is 11.1 Å². The minimum Gasteiger partial charge on any atom is -0.295 e. The normalized spacial score (nSPS) is 16.6. The second-order valence-electron chi connectivity index (χ2n) is 6.63. The highest BCUT2D eigenvalue weighted by Crippen LogP contribution is 2.32. The molecule has 0 radical (unpaired) electrons. The van der Waals surface area contributed by atoms with Gasteiger partial charge in [0.05, 0.1) is 11.8 Å². The number of nitrogens with one attached hydrogen (secondary N) is 1. The van der Waals surface area contributed by atoms with Gasteiger partial charge in [-0.3, -0.25) is 4.90 Å². The molecule has 1 aliphatic rings. The maximum Gasteiger partial charge on any atom is 0.215 e. The first-order valence-electron chi connectivity index (χ1n) is 8.75. The van der Waals surface area contributed by atoms with Crippen LogP contribution in [0.4, 0.5) is 8.78 Å². The van der Waals surface area contributed by atoms with Crippen LogP contribution in [0.25, 0.3) is 0 Å². The van der Waals surface area contributed by atoms with Crippen LogP contribution in [-0.4, -0.2) is 33.0 Å². The zero-order valence-electron chi connectivity index (χ0n) is 14.7. The summed E-state index contributed by atoms with van der Waals surface area (Å²) in [5.41, 5.74) is 0.652. The number of hydrogen-bond donors (Lipinski definition) is 1. The van der Waals surface area contributed by atoms with E-state index in [1.54, 1.807) is 12.1 Å². The summed E-state index contributed by atoms with van der Waals surface area (Å²) >= 11 is 6.21. The van der Waals surface area contributed by atoms with Crippen molar-refractivity contribution in [2.45, 2.75) is 24.6 Å². The van der Waals surface area contributed by atoms with Crippen molar-refractivity contribution >= 4 is 21.6 Å². The van der Waals surface area contributed by atoms with Crippen LogP contribution >= 0.6 is 11.6 Å². The van der Waals surface area contributed by atoms with Gasteiger partial charge in [-0.25, -0.2) is 21.9 Å². The highest BCUT2D eigenvalue weighted by molar-refractivity contribution is 7.88. The molecule has 2 aromatic rings. The molecule has 1 saturated heterocycles. The summed E-state index contributed by atoms with van der Waals surface area (Å²) in [4.78, 5) is 2.04. The maximum atomic E-state index is 14.4. The van der Waals surface area contributed by atoms with Crippen LogP contribution in [0.1, 0.15) is 30.0 Å². The molecule has 1 heterocycles. The topological polar surface area (TPSA) is 49.4 Å². The number of hydrogen-bond acceptors (Lipinski definition) is 3. The van der Waals surface area contributed by atoms with Crippen LogP contribution in [0.5, 0.6) is 0 Å². The Morgan fingerprint density at radius 3 is 2.48 bits per heavy atom. The van der Waals surface area contributed by atoms with Gasteiger partial charge in [-0.05, 0) is 55.8 Å². The monoisotopic (exact) mass is 414 g/mol. The Morgan fingerprint density at radius 1 is 1.11 bits per heavy atom. The minimum atomic E-state index is -3.72. The molecule has 0 aromatic heterocycles. The number of likely N-dealkylation sites (tertiary alicyclic amines) is 1. The summed E-state index contributed by atoms with van der Waals surface area (Å²) in [5.74, 6) is -1.29. The van der Waals surface area contributed by atoms with Gasteiger partial charge in [-0.15, -0.1) is 0 Å². The number of rotatable bonds is 7. The Balaban J connectivity index is 1.78. The van der Waals surface area contributed by atoms with E-state index in [-0.39, 0.29) is 17.3 Å². The van der Waals surface area contributed by atoms with Crippen molar-refractivity contribution < 1.29 is 17.2 Å². The highest BCUT2D eigenvalue weighted by Gasteiger charge is 2.29. The summed E-state index contributed by atoms with van der Waals surface area (Å²) in [6.07, 6.45) is 1.94. The zero-order valence-corrected chi connectivity index (χ0v) is 16.2. The van der Waals surface area contributed by atoms with Crippen LogP contribution in [0.15, 0.2) is 42.5 Å². The molecule has 3 rings (SSSR count). The standard InChI is InChI=1S/C19H21ClF2N2O2S/c20-16-7-4-8-17(22)19(16)18(24-9-1-2-10-24)12-23-27(25,26)13-14-5-3-6-15(21)11-14/h3-8,11,18,23H,1-2,9-10,12-13H2. The zero-order chi connectivity index (χ0) is 19.4. The van der Waals surface area contributed by atoms with Crippen molar-refractivity contribution in [3.63, 3.8) is 0 Å². The van der Waals surface area contributed by atoms with Crippen molar-refractivity contribution in [3.8, 4) is 0 Å². The fraction of sp³-hybridized carbons (Fsp3) is 0.368. The van der Waals surface area contributed by atoms with Crippen molar-refractivity contribution in [3.05, 3.63) is 70.2 Å². The van der Waals surface area contributed by atoms with Crippen LogP contribution in [-0.2, 0) is 15.8 Å². The molecule has 1 unspecified atom stereocenters. The average Bonchev–Trinajstić information content (AvgIpc) is 3.11. The molecular formula is C19H21ClF2N2O2S. The first-order chi connectivity index (χ1) is 12.9. The number of halogens is 3. The largest absolute Gasteiger partial charge is 0.295 e. The van der Waals surface area contributed by atoms with Gasteiger partial charge in [0.1, 0.15) is 11.6 Å². The van der Waals surface area contributed by atoms with E-state index in [2.05, 4.69) is 4.72 Å². The SMILES string of the molecule is O=S(=O)(Cc1cccc(F)c1)NCC(c1c(F)cccc1Cl)N1CCCC1. The summed E-state index contributed by atoms with van der Waals surface area (Å²) in [7, 11) is -3.72. The molecule has 0 amide bonds. The molecule has 1 aliphatic heterocycles. The Labute approximate surface area is 163 Å². The molecule has 8 heteroatoms. The Kier molecular flexibility index (Phi) is 6.47. The summed E-state index contributed by atoms with van der Waals surface area (Å²) in [6, 6.07) is 9.41. The predicted molar refractivity (Wildman–Crippen MR) is 102 cm³/mol. The molecule has 0 spiro atoms. The second-order valence-corrected chi connectivity index (χ2v) is 8.85. The summed E-state index contributed by atoms with van der Waals surface area (Å²) in [6.45, 7) is 1.50. The van der Waals surface area contributed by atoms with Crippen LogP contribution in [0, 0.1) is 11.6 Å². The third kappa shape index (κ3) is 5.25. The van der Waals surface area contributed by atoms with Gasteiger partial charge in [0.15, 0.2) is 0 Å². The van der Waals surface area contributed by atoms with Gasteiger partial charge < -0.3 is 0 Å². The average molecular weight is 415 g/mol. The lowest BCUT2D eigenvalue weighted by atomic mass is 10.0. The van der Waals surface area contributed by atoms with Crippen molar-refractivity contribution in [2.24, 2.45) is 0 Å². The number of nitrogens with zero attached hydrogens (tertiary/aromatic N) is 1. The van der Waals surface area contributed by atoms with E-state index in [0.717, 1.165) is 25.9 Å². The Morgan fingerprint density at radius 2 is 1.81 bits per heavy atom. The molecule has 0 aliphatic carbocycles. The fourth-order valence-corrected chi connectivity index (χ4v) is 4.82. The lowest BCUT2D eigenvalue weighted by molar-refractivity contribution is 0.241. The van der Waals surface area contributed by atoms with E-state index in [1.165, 1.54) is 30.3 Å². The molecule has 0 saturated carbocycles. The van der Waals surface area contributed by atoms with Crippen LogP contribution < -0.4 is 4.72 Å². The van der Waals surface area contributed by atoms with Gasteiger partial charge in [-0.1, -0.05) is 29.8 Å². The fourth-order valence-electron chi connectivity index (χ4n) is 3.40. The third-order valence-electron chi connectivity index (χ3n) is 4.66. The van der Waals surface area contributed by atoms with Crippen molar-refractivity contribution in [1.29, 1.82) is 0 Å². The first-order valence-corrected chi connectivity index (χ1v) is 10.8. The Hall–Kier alpha value is -1.54. The molecule has 4 nitrogen and oxygen atoms in total. The summed E-state index contributed by atoms with van der Waals surface area (Å²) in [5, 5.41) is 0.274. The van der Waals surface area contributed by atoms with Gasteiger partial charge in [-0.2, -0.15) is 0 Å². The predicted octanol–water partition coefficient (Wildman–Crippen LogP) is 3.87. The minimum absolute atomic E-state index is 0.00168. The quantitative estimate of drug-likeness (QED) is 0.748. The van der Waals surface area contributed by atoms with E-state index < -0.39 is 27.7 Å². The number of sulfonamides is 1. The van der Waals surface area contributed by atoms with Crippen LogP contribution in [0.2, 0.25) is 5.02 Å². The van der Waals surface area contributed by atoms with E-state index >= 15 is 0 Å². The molecular weight excluding hydrogens is 394 g/mol. The van der Waals surface area contributed by atoms with E-state index in [9.17, 15) is 17.2 Å². The Bertz CT molecular complexity index is 882. The van der Waals surface area contributed by atoms with E-state index in [1.807, 2.05) is 4.90 Å². The molecule has 146 valence electrons. The second kappa shape index (κ2) is 8.65. The van der Waals surface area contributed by atoms with Gasteiger partial charge in [0, 0.05) is 17.1 Å². The smallest absolute Gasteiger partial charge is 0.215 e. The lowest BCUT2D eigenvalue weighted by Crippen LogP contribution is -2.37.